The number of methoxy groups -OCH3 is 2. The molecule has 25 heavy (non-hydrogen) atoms. The van der Waals surface area contributed by atoms with Crippen molar-refractivity contribution >= 4 is 11.6 Å². The van der Waals surface area contributed by atoms with Gasteiger partial charge in [0.1, 0.15) is 5.75 Å². The summed E-state index contributed by atoms with van der Waals surface area (Å²) in [4.78, 5) is 22.5. The fourth-order valence-electron chi connectivity index (χ4n) is 3.18. The zero-order chi connectivity index (χ0) is 18.0. The topological polar surface area (TPSA) is 52.6 Å². The van der Waals surface area contributed by atoms with Gasteiger partial charge in [-0.3, -0.25) is 9.59 Å². The van der Waals surface area contributed by atoms with E-state index in [1.54, 1.807) is 19.2 Å². The second-order valence-electron chi connectivity index (χ2n) is 5.99. The van der Waals surface area contributed by atoms with Crippen LogP contribution in [-0.2, 0) is 12.8 Å². The molecule has 0 bridgehead atoms. The number of ether oxygens (including phenoxy) is 2. The molecule has 0 N–H and O–H groups in total. The van der Waals surface area contributed by atoms with Crippen molar-refractivity contribution in [3.8, 4) is 11.5 Å². The predicted octanol–water partition coefficient (Wildman–Crippen LogP) is 3.79. The maximum atomic E-state index is 13.5. The molecule has 4 rings (SSSR count). The first kappa shape index (κ1) is 17.1. The Hall–Kier alpha value is -2.69. The average Bonchev–Trinajstić information content (AvgIpc) is 3.19. The van der Waals surface area contributed by atoms with Crippen LogP contribution in [0.2, 0.25) is 0 Å². The number of hydrogen-bond acceptors (Lipinski definition) is 4. The molecule has 0 aromatic heterocycles. The second kappa shape index (κ2) is 7.05. The molecule has 0 aliphatic heterocycles. The molecule has 0 radical (unpaired) electrons. The van der Waals surface area contributed by atoms with E-state index in [1.165, 1.54) is 7.11 Å². The summed E-state index contributed by atoms with van der Waals surface area (Å²) in [5, 5.41) is 0. The highest BCUT2D eigenvalue weighted by Gasteiger charge is 2.25. The Bertz CT molecular complexity index is 842. The van der Waals surface area contributed by atoms with Crippen LogP contribution in [0.15, 0.2) is 30.3 Å². The summed E-state index contributed by atoms with van der Waals surface area (Å²) < 4.78 is 23.3. The number of carbonyl (C=O) groups is 2. The highest BCUT2D eigenvalue weighted by molar-refractivity contribution is 6.01. The van der Waals surface area contributed by atoms with Gasteiger partial charge < -0.3 is 9.47 Å². The van der Waals surface area contributed by atoms with Crippen LogP contribution in [0.5, 0.6) is 11.5 Å². The van der Waals surface area contributed by atoms with Crippen LogP contribution < -0.4 is 9.47 Å². The van der Waals surface area contributed by atoms with Crippen molar-refractivity contribution in [3.63, 3.8) is 0 Å². The van der Waals surface area contributed by atoms with Gasteiger partial charge in [-0.15, -0.1) is 0 Å². The molecule has 2 aromatic carbocycles. The standard InChI is InChI=1S/C10H9FO2.C10H10O2/c1-13-8-5-3-6-2-4-7(12)9(6)10(8)11;1-12-8-4-2-7-3-5-10(11)9(7)6-8/h3,5H,2,4H2,1H3;2,4,6H,3,5H2,1H3. The van der Waals surface area contributed by atoms with Gasteiger partial charge in [0.15, 0.2) is 23.1 Å². The monoisotopic (exact) mass is 342 g/mol. The third kappa shape index (κ3) is 3.27. The summed E-state index contributed by atoms with van der Waals surface area (Å²) in [5.74, 6) is 0.524. The first-order valence-corrected chi connectivity index (χ1v) is 8.13. The summed E-state index contributed by atoms with van der Waals surface area (Å²) in [5.41, 5.74) is 3.01. The number of aryl methyl sites for hydroxylation is 2. The molecule has 0 saturated carbocycles. The minimum absolute atomic E-state index is 0.119. The lowest BCUT2D eigenvalue weighted by Crippen LogP contribution is -1.99. The molecular formula is C20H19FO4. The quantitative estimate of drug-likeness (QED) is 0.833. The van der Waals surface area contributed by atoms with Gasteiger partial charge >= 0.3 is 0 Å². The van der Waals surface area contributed by atoms with Gasteiger partial charge in [-0.2, -0.15) is 0 Å². The molecule has 130 valence electrons. The molecule has 0 unspecified atom stereocenters. The van der Waals surface area contributed by atoms with E-state index in [9.17, 15) is 14.0 Å². The van der Waals surface area contributed by atoms with Crippen LogP contribution >= 0.6 is 0 Å². The maximum absolute atomic E-state index is 13.5. The number of ketones is 2. The highest BCUT2D eigenvalue weighted by Crippen LogP contribution is 2.30. The Morgan fingerprint density at radius 1 is 0.840 bits per heavy atom. The predicted molar refractivity (Wildman–Crippen MR) is 91.2 cm³/mol. The summed E-state index contributed by atoms with van der Waals surface area (Å²) in [6.45, 7) is 0. The Balaban J connectivity index is 0.000000146. The molecule has 5 heteroatoms. The van der Waals surface area contributed by atoms with E-state index < -0.39 is 5.82 Å². The van der Waals surface area contributed by atoms with Crippen LogP contribution in [0.3, 0.4) is 0 Å². The number of Topliss-reactive ketones (excluding diaryl/α,β-unsaturated/α-hetero) is 2. The normalized spacial score (nSPS) is 14.5. The van der Waals surface area contributed by atoms with Gasteiger partial charge in [-0.25, -0.2) is 4.39 Å². The van der Waals surface area contributed by atoms with E-state index in [2.05, 4.69) is 0 Å². The van der Waals surface area contributed by atoms with Gasteiger partial charge in [0, 0.05) is 18.4 Å². The van der Waals surface area contributed by atoms with E-state index in [0.29, 0.717) is 19.3 Å². The molecule has 4 nitrogen and oxygen atoms in total. The number of fused-ring (bicyclic) bond motifs is 2. The molecule has 2 aromatic rings. The maximum Gasteiger partial charge on any atom is 0.176 e. The third-order valence-electron chi connectivity index (χ3n) is 4.55. The average molecular weight is 342 g/mol. The fourth-order valence-corrected chi connectivity index (χ4v) is 3.18. The van der Waals surface area contributed by atoms with E-state index in [4.69, 9.17) is 9.47 Å². The number of benzene rings is 2. The first-order valence-electron chi connectivity index (χ1n) is 8.13. The lowest BCUT2D eigenvalue weighted by atomic mass is 10.1. The Morgan fingerprint density at radius 3 is 2.24 bits per heavy atom. The molecule has 2 aliphatic rings. The molecule has 0 heterocycles. The molecular weight excluding hydrogens is 323 g/mol. The Morgan fingerprint density at radius 2 is 1.52 bits per heavy atom. The van der Waals surface area contributed by atoms with Gasteiger partial charge in [-0.05, 0) is 42.2 Å². The molecule has 0 fully saturated rings. The summed E-state index contributed by atoms with van der Waals surface area (Å²) in [6, 6.07) is 9.01. The van der Waals surface area contributed by atoms with Crippen LogP contribution in [0.25, 0.3) is 0 Å². The lowest BCUT2D eigenvalue weighted by molar-refractivity contribution is 0.0984. The minimum Gasteiger partial charge on any atom is -0.497 e. The van der Waals surface area contributed by atoms with Crippen molar-refractivity contribution in [2.24, 2.45) is 0 Å². The van der Waals surface area contributed by atoms with Crippen molar-refractivity contribution < 1.29 is 23.5 Å². The molecule has 0 spiro atoms. The van der Waals surface area contributed by atoms with Gasteiger partial charge in [0.25, 0.3) is 0 Å². The summed E-state index contributed by atoms with van der Waals surface area (Å²) in [6.07, 6.45) is 2.61. The first-order chi connectivity index (χ1) is 12.0. The number of rotatable bonds is 2. The SMILES string of the molecule is COc1ccc2c(c1)C(=O)CC2.COc1ccc2c(c1F)C(=O)CC2. The van der Waals surface area contributed by atoms with Crippen molar-refractivity contribution in [2.45, 2.75) is 25.7 Å². The number of hydrogen-bond donors (Lipinski definition) is 0. The second-order valence-corrected chi connectivity index (χ2v) is 5.99. The summed E-state index contributed by atoms with van der Waals surface area (Å²) in [7, 11) is 3.01. The van der Waals surface area contributed by atoms with Crippen LogP contribution in [0.1, 0.15) is 44.7 Å². The smallest absolute Gasteiger partial charge is 0.176 e. The van der Waals surface area contributed by atoms with E-state index in [0.717, 1.165) is 28.9 Å². The van der Waals surface area contributed by atoms with Crippen LogP contribution in [0.4, 0.5) is 4.39 Å². The highest BCUT2D eigenvalue weighted by atomic mass is 19.1. The zero-order valence-corrected chi connectivity index (χ0v) is 14.2. The van der Waals surface area contributed by atoms with Crippen LogP contribution in [0, 0.1) is 5.82 Å². The molecule has 0 amide bonds. The van der Waals surface area contributed by atoms with Gasteiger partial charge in [0.05, 0.1) is 19.8 Å². The summed E-state index contributed by atoms with van der Waals surface area (Å²) >= 11 is 0. The van der Waals surface area contributed by atoms with E-state index in [1.807, 2.05) is 18.2 Å². The minimum atomic E-state index is -0.512. The van der Waals surface area contributed by atoms with E-state index in [-0.39, 0.29) is 22.9 Å². The third-order valence-corrected chi connectivity index (χ3v) is 4.55. The van der Waals surface area contributed by atoms with Crippen molar-refractivity contribution in [1.29, 1.82) is 0 Å². The lowest BCUT2D eigenvalue weighted by Gasteiger charge is -2.04. The Labute approximate surface area is 145 Å². The largest absolute Gasteiger partial charge is 0.497 e. The van der Waals surface area contributed by atoms with Gasteiger partial charge in [-0.1, -0.05) is 12.1 Å². The van der Waals surface area contributed by atoms with Crippen molar-refractivity contribution in [1.82, 2.24) is 0 Å². The molecule has 0 saturated heterocycles. The van der Waals surface area contributed by atoms with Gasteiger partial charge in [0.2, 0.25) is 0 Å². The van der Waals surface area contributed by atoms with E-state index >= 15 is 0 Å². The zero-order valence-electron chi connectivity index (χ0n) is 14.2. The fraction of sp³-hybridized carbons (Fsp3) is 0.300. The van der Waals surface area contributed by atoms with Crippen LogP contribution in [-0.4, -0.2) is 25.8 Å². The number of carbonyl (C=O) groups excluding carboxylic acids is 2. The molecule has 0 atom stereocenters. The number of halogens is 1. The Kier molecular flexibility index (Phi) is 4.83. The van der Waals surface area contributed by atoms with Crippen molar-refractivity contribution in [2.75, 3.05) is 14.2 Å². The van der Waals surface area contributed by atoms with Crippen molar-refractivity contribution in [3.05, 3.63) is 58.4 Å². The molecule has 2 aliphatic carbocycles.